The molecule has 2 rings (SSSR count). The third-order valence-corrected chi connectivity index (χ3v) is 3.73. The summed E-state index contributed by atoms with van der Waals surface area (Å²) in [6.45, 7) is 2.43. The first-order chi connectivity index (χ1) is 10.0. The molecule has 5 heteroatoms. The average Bonchev–Trinajstić information content (AvgIpc) is 2.45. The Morgan fingerprint density at radius 1 is 1.10 bits per heavy atom. The highest BCUT2D eigenvalue weighted by Gasteiger charge is 2.19. The van der Waals surface area contributed by atoms with E-state index in [1.165, 1.54) is 18.2 Å². The first kappa shape index (κ1) is 16.0. The lowest BCUT2D eigenvalue weighted by Crippen LogP contribution is -2.24. The topological polar surface area (TPSA) is 12.0 Å². The lowest BCUT2D eigenvalue weighted by atomic mass is 9.98. The second-order valence-corrected chi connectivity index (χ2v) is 5.61. The molecular weight excluding hydrogens is 343 g/mol. The highest BCUT2D eigenvalue weighted by atomic mass is 79.9. The Balaban J connectivity index is 2.35. The van der Waals surface area contributed by atoms with E-state index < -0.39 is 17.7 Å². The molecule has 112 valence electrons. The molecule has 1 nitrogen and oxygen atoms in total. The van der Waals surface area contributed by atoms with Gasteiger partial charge >= 0.3 is 0 Å². The Morgan fingerprint density at radius 3 is 2.57 bits per heavy atom. The van der Waals surface area contributed by atoms with Crippen LogP contribution in [0.1, 0.15) is 24.1 Å². The van der Waals surface area contributed by atoms with Crippen LogP contribution in [-0.4, -0.2) is 6.54 Å². The molecule has 1 N–H and O–H groups in total. The van der Waals surface area contributed by atoms with Gasteiger partial charge in [0.05, 0.1) is 0 Å². The SMILES string of the molecule is CCNC(Cc1cc(Br)ccc1F)c1cccc(F)c1F. The zero-order valence-electron chi connectivity index (χ0n) is 11.5. The Morgan fingerprint density at radius 2 is 1.86 bits per heavy atom. The maximum atomic E-state index is 13.9. The molecule has 1 unspecified atom stereocenters. The summed E-state index contributed by atoms with van der Waals surface area (Å²) in [7, 11) is 0. The Labute approximate surface area is 130 Å². The molecule has 2 aromatic carbocycles. The zero-order valence-corrected chi connectivity index (χ0v) is 13.1. The summed E-state index contributed by atoms with van der Waals surface area (Å²) >= 11 is 3.29. The average molecular weight is 358 g/mol. The Kier molecular flexibility index (Phi) is 5.42. The standard InChI is InChI=1S/C16H15BrF3N/c1-2-21-15(12-4-3-5-14(19)16(12)20)9-10-8-11(17)6-7-13(10)18/h3-8,15,21H,2,9H2,1H3. The summed E-state index contributed by atoms with van der Waals surface area (Å²) in [4.78, 5) is 0. The molecule has 0 aromatic heterocycles. The lowest BCUT2D eigenvalue weighted by Gasteiger charge is -2.20. The van der Waals surface area contributed by atoms with Gasteiger partial charge in [0.2, 0.25) is 0 Å². The maximum Gasteiger partial charge on any atom is 0.163 e. The Bertz CT molecular complexity index is 631. The molecule has 1 atom stereocenters. The second-order valence-electron chi connectivity index (χ2n) is 4.69. The lowest BCUT2D eigenvalue weighted by molar-refractivity contribution is 0.460. The molecule has 0 aliphatic rings. The van der Waals surface area contributed by atoms with Crippen molar-refractivity contribution in [2.45, 2.75) is 19.4 Å². The van der Waals surface area contributed by atoms with Crippen molar-refractivity contribution in [2.24, 2.45) is 0 Å². The van der Waals surface area contributed by atoms with E-state index in [0.717, 1.165) is 10.5 Å². The van der Waals surface area contributed by atoms with Crippen molar-refractivity contribution in [1.29, 1.82) is 0 Å². The summed E-state index contributed by atoms with van der Waals surface area (Å²) in [5.74, 6) is -2.15. The minimum atomic E-state index is -0.898. The van der Waals surface area contributed by atoms with Gasteiger partial charge in [0.15, 0.2) is 11.6 Å². The fourth-order valence-electron chi connectivity index (χ4n) is 2.25. The van der Waals surface area contributed by atoms with Gasteiger partial charge in [0, 0.05) is 16.1 Å². The van der Waals surface area contributed by atoms with Gasteiger partial charge in [0.1, 0.15) is 5.82 Å². The fourth-order valence-corrected chi connectivity index (χ4v) is 2.66. The van der Waals surface area contributed by atoms with Gasteiger partial charge in [-0.15, -0.1) is 0 Å². The van der Waals surface area contributed by atoms with E-state index in [2.05, 4.69) is 21.2 Å². The highest BCUT2D eigenvalue weighted by molar-refractivity contribution is 9.10. The molecule has 0 aliphatic carbocycles. The predicted octanol–water partition coefficient (Wildman–Crippen LogP) is 4.76. The van der Waals surface area contributed by atoms with Crippen molar-refractivity contribution in [1.82, 2.24) is 5.32 Å². The van der Waals surface area contributed by atoms with Gasteiger partial charge in [-0.3, -0.25) is 0 Å². The predicted molar refractivity (Wildman–Crippen MR) is 80.6 cm³/mol. The normalized spacial score (nSPS) is 12.4. The van der Waals surface area contributed by atoms with Crippen LogP contribution in [0.2, 0.25) is 0 Å². The van der Waals surface area contributed by atoms with Crippen LogP contribution in [0.15, 0.2) is 40.9 Å². The smallest absolute Gasteiger partial charge is 0.163 e. The van der Waals surface area contributed by atoms with E-state index in [1.807, 2.05) is 6.92 Å². The van der Waals surface area contributed by atoms with Crippen molar-refractivity contribution in [3.8, 4) is 0 Å². The molecule has 2 aromatic rings. The van der Waals surface area contributed by atoms with E-state index in [9.17, 15) is 13.2 Å². The minimum Gasteiger partial charge on any atom is -0.310 e. The molecule has 0 bridgehead atoms. The van der Waals surface area contributed by atoms with E-state index in [0.29, 0.717) is 12.1 Å². The van der Waals surface area contributed by atoms with E-state index in [4.69, 9.17) is 0 Å². The summed E-state index contributed by atoms with van der Waals surface area (Å²) in [5.41, 5.74) is 0.648. The monoisotopic (exact) mass is 357 g/mol. The van der Waals surface area contributed by atoms with Gasteiger partial charge in [-0.1, -0.05) is 35.0 Å². The number of nitrogens with one attached hydrogen (secondary N) is 1. The first-order valence-electron chi connectivity index (χ1n) is 6.64. The van der Waals surface area contributed by atoms with Crippen molar-refractivity contribution in [2.75, 3.05) is 6.54 Å². The minimum absolute atomic E-state index is 0.205. The van der Waals surface area contributed by atoms with Crippen LogP contribution in [0.25, 0.3) is 0 Å². The number of benzene rings is 2. The van der Waals surface area contributed by atoms with Gasteiger partial charge in [0.25, 0.3) is 0 Å². The van der Waals surface area contributed by atoms with E-state index in [-0.39, 0.29) is 17.8 Å². The first-order valence-corrected chi connectivity index (χ1v) is 7.43. The summed E-state index contributed by atoms with van der Waals surface area (Å²) in [5, 5.41) is 3.07. The van der Waals surface area contributed by atoms with Gasteiger partial charge in [-0.05, 0) is 42.8 Å². The van der Waals surface area contributed by atoms with Crippen LogP contribution in [0.5, 0.6) is 0 Å². The number of hydrogen-bond acceptors (Lipinski definition) is 1. The van der Waals surface area contributed by atoms with Crippen LogP contribution < -0.4 is 5.32 Å². The number of rotatable bonds is 5. The van der Waals surface area contributed by atoms with Gasteiger partial charge in [-0.25, -0.2) is 13.2 Å². The number of halogens is 4. The molecule has 0 saturated carbocycles. The van der Waals surface area contributed by atoms with Crippen LogP contribution >= 0.6 is 15.9 Å². The quantitative estimate of drug-likeness (QED) is 0.813. The highest BCUT2D eigenvalue weighted by Crippen LogP contribution is 2.25. The van der Waals surface area contributed by atoms with Crippen LogP contribution in [0.4, 0.5) is 13.2 Å². The van der Waals surface area contributed by atoms with E-state index in [1.54, 1.807) is 12.1 Å². The Hall–Kier alpha value is -1.33. The van der Waals surface area contributed by atoms with E-state index >= 15 is 0 Å². The molecule has 0 fully saturated rings. The van der Waals surface area contributed by atoms with Crippen molar-refractivity contribution in [3.63, 3.8) is 0 Å². The molecule has 21 heavy (non-hydrogen) atoms. The van der Waals surface area contributed by atoms with Crippen LogP contribution in [-0.2, 0) is 6.42 Å². The molecule has 0 saturated heterocycles. The molecule has 0 aliphatic heterocycles. The van der Waals surface area contributed by atoms with Crippen molar-refractivity contribution < 1.29 is 13.2 Å². The third-order valence-electron chi connectivity index (χ3n) is 3.24. The van der Waals surface area contributed by atoms with Gasteiger partial charge < -0.3 is 5.32 Å². The van der Waals surface area contributed by atoms with Crippen molar-refractivity contribution in [3.05, 3.63) is 69.4 Å². The molecule has 0 spiro atoms. The molecule has 0 amide bonds. The largest absolute Gasteiger partial charge is 0.310 e. The maximum absolute atomic E-state index is 13.9. The van der Waals surface area contributed by atoms with Crippen LogP contribution in [0, 0.1) is 17.5 Å². The number of likely N-dealkylation sites (N-methyl/N-ethyl adjacent to an activating group) is 1. The van der Waals surface area contributed by atoms with Gasteiger partial charge in [-0.2, -0.15) is 0 Å². The fraction of sp³-hybridized carbons (Fsp3) is 0.250. The number of hydrogen-bond donors (Lipinski definition) is 1. The van der Waals surface area contributed by atoms with Crippen LogP contribution in [0.3, 0.4) is 0 Å². The summed E-state index contributed by atoms with van der Waals surface area (Å²) in [6.07, 6.45) is 0.236. The summed E-state index contributed by atoms with van der Waals surface area (Å²) < 4.78 is 41.9. The summed E-state index contributed by atoms with van der Waals surface area (Å²) in [6, 6.07) is 8.15. The second kappa shape index (κ2) is 7.09. The molecule has 0 radical (unpaired) electrons. The zero-order chi connectivity index (χ0) is 15.4. The molecule has 0 heterocycles. The van der Waals surface area contributed by atoms with Crippen molar-refractivity contribution >= 4 is 15.9 Å². The third kappa shape index (κ3) is 3.86. The molecular formula is C16H15BrF3N.